The molecular formula is C23H25N7O3S. The van der Waals surface area contributed by atoms with Crippen LogP contribution in [0.5, 0.6) is 0 Å². The predicted octanol–water partition coefficient (Wildman–Crippen LogP) is 3.92. The van der Waals surface area contributed by atoms with Gasteiger partial charge in [0.25, 0.3) is 11.6 Å². The summed E-state index contributed by atoms with van der Waals surface area (Å²) < 4.78 is 1.90. The number of carbonyl (C=O) groups is 1. The van der Waals surface area contributed by atoms with Crippen LogP contribution in [0.25, 0.3) is 0 Å². The van der Waals surface area contributed by atoms with Gasteiger partial charge in [-0.05, 0) is 26.0 Å². The average Bonchev–Trinajstić information content (AvgIpc) is 3.20. The van der Waals surface area contributed by atoms with Gasteiger partial charge in [0.05, 0.1) is 22.9 Å². The standard InChI is InChI=1S/C23H25N7O3S/c1-4-12-29-21(15-24-19-10-8-16(2)9-11-19)26-28-23(29)34-17(3)22(31)27-25-14-18-6-5-7-20(13-18)30(32)33/h4-11,13-14,17,24H,1,12,15H2,2-3H3,(H,27,31)/b25-14-/t17-/m0/s1. The van der Waals surface area contributed by atoms with Gasteiger partial charge >= 0.3 is 0 Å². The summed E-state index contributed by atoms with van der Waals surface area (Å²) in [4.78, 5) is 22.9. The SMILES string of the molecule is C=CCn1c(CNc2ccc(C)cc2)nnc1S[C@@H](C)C(=O)N/N=C\c1cccc([N+](=O)[O-])c1. The van der Waals surface area contributed by atoms with E-state index in [1.807, 2.05) is 35.8 Å². The third-order valence-corrected chi connectivity index (χ3v) is 5.81. The van der Waals surface area contributed by atoms with Crippen molar-refractivity contribution in [1.29, 1.82) is 0 Å². The number of thioether (sulfide) groups is 1. The first-order chi connectivity index (χ1) is 16.4. The molecule has 3 aromatic rings. The highest BCUT2D eigenvalue weighted by Gasteiger charge is 2.19. The van der Waals surface area contributed by atoms with Gasteiger partial charge in [0.15, 0.2) is 11.0 Å². The van der Waals surface area contributed by atoms with Crippen molar-refractivity contribution in [3.05, 3.63) is 88.3 Å². The second-order valence-electron chi connectivity index (χ2n) is 7.36. The van der Waals surface area contributed by atoms with Gasteiger partial charge in [-0.25, -0.2) is 5.43 Å². The number of nitro benzene ring substituents is 1. The van der Waals surface area contributed by atoms with Crippen LogP contribution in [0.1, 0.15) is 23.9 Å². The van der Waals surface area contributed by atoms with E-state index in [1.54, 1.807) is 25.1 Å². The number of amides is 1. The molecule has 0 aliphatic carbocycles. The van der Waals surface area contributed by atoms with Gasteiger partial charge in [-0.15, -0.1) is 16.8 Å². The zero-order valence-corrected chi connectivity index (χ0v) is 19.7. The van der Waals surface area contributed by atoms with Crippen molar-refractivity contribution < 1.29 is 9.72 Å². The molecule has 2 aromatic carbocycles. The minimum Gasteiger partial charge on any atom is -0.378 e. The highest BCUT2D eigenvalue weighted by Crippen LogP contribution is 2.23. The quantitative estimate of drug-likeness (QED) is 0.140. The first kappa shape index (κ1) is 24.6. The minimum atomic E-state index is -0.507. The number of nitrogens with zero attached hydrogens (tertiary/aromatic N) is 5. The third kappa shape index (κ3) is 6.75. The molecule has 0 radical (unpaired) electrons. The van der Waals surface area contributed by atoms with Crippen molar-refractivity contribution >= 4 is 35.3 Å². The number of rotatable bonds is 11. The van der Waals surface area contributed by atoms with Crippen LogP contribution >= 0.6 is 11.8 Å². The van der Waals surface area contributed by atoms with Gasteiger partial charge in [-0.1, -0.05) is 47.7 Å². The molecule has 1 atom stereocenters. The van der Waals surface area contributed by atoms with E-state index < -0.39 is 10.2 Å². The Hall–Kier alpha value is -3.99. The fraction of sp³-hybridized carbons (Fsp3) is 0.217. The highest BCUT2D eigenvalue weighted by molar-refractivity contribution is 8.00. The number of hydrogen-bond acceptors (Lipinski definition) is 8. The van der Waals surface area contributed by atoms with Crippen molar-refractivity contribution in [3.8, 4) is 0 Å². The van der Waals surface area contributed by atoms with Crippen LogP contribution in [0.4, 0.5) is 11.4 Å². The maximum Gasteiger partial charge on any atom is 0.270 e. The molecule has 1 heterocycles. The van der Waals surface area contributed by atoms with Crippen molar-refractivity contribution in [2.45, 2.75) is 37.3 Å². The molecule has 11 heteroatoms. The van der Waals surface area contributed by atoms with Gasteiger partial charge in [-0.2, -0.15) is 5.10 Å². The molecule has 1 amide bonds. The number of benzene rings is 2. The monoisotopic (exact) mass is 479 g/mol. The van der Waals surface area contributed by atoms with E-state index in [0.29, 0.717) is 23.8 Å². The average molecular weight is 480 g/mol. The molecule has 0 unspecified atom stereocenters. The lowest BCUT2D eigenvalue weighted by molar-refractivity contribution is -0.384. The van der Waals surface area contributed by atoms with Crippen molar-refractivity contribution in [2.75, 3.05) is 5.32 Å². The van der Waals surface area contributed by atoms with Crippen LogP contribution in [0.2, 0.25) is 0 Å². The van der Waals surface area contributed by atoms with Crippen molar-refractivity contribution in [2.24, 2.45) is 5.10 Å². The van der Waals surface area contributed by atoms with E-state index in [4.69, 9.17) is 0 Å². The van der Waals surface area contributed by atoms with Crippen LogP contribution in [0.3, 0.4) is 0 Å². The third-order valence-electron chi connectivity index (χ3n) is 4.73. The lowest BCUT2D eigenvalue weighted by Crippen LogP contribution is -2.27. The van der Waals surface area contributed by atoms with E-state index in [9.17, 15) is 14.9 Å². The highest BCUT2D eigenvalue weighted by atomic mass is 32.2. The molecule has 0 fully saturated rings. The summed E-state index contributed by atoms with van der Waals surface area (Å²) in [6, 6.07) is 14.0. The Morgan fingerprint density at radius 3 is 2.76 bits per heavy atom. The Balaban J connectivity index is 1.60. The molecule has 34 heavy (non-hydrogen) atoms. The Kier molecular flexibility index (Phi) is 8.52. The molecule has 3 rings (SSSR count). The number of nitro groups is 1. The summed E-state index contributed by atoms with van der Waals surface area (Å²) in [6.07, 6.45) is 3.11. The second-order valence-corrected chi connectivity index (χ2v) is 8.67. The number of allylic oxidation sites excluding steroid dienone is 1. The van der Waals surface area contributed by atoms with E-state index in [1.165, 1.54) is 35.7 Å². The Morgan fingerprint density at radius 1 is 1.29 bits per heavy atom. The molecule has 1 aromatic heterocycles. The van der Waals surface area contributed by atoms with E-state index >= 15 is 0 Å². The van der Waals surface area contributed by atoms with E-state index in [0.717, 1.165) is 11.5 Å². The first-order valence-electron chi connectivity index (χ1n) is 10.4. The molecule has 0 spiro atoms. The number of carbonyl (C=O) groups excluding carboxylic acids is 1. The topological polar surface area (TPSA) is 127 Å². The fourth-order valence-corrected chi connectivity index (χ4v) is 3.76. The molecule has 0 aliphatic heterocycles. The van der Waals surface area contributed by atoms with Gasteiger partial charge in [0, 0.05) is 29.9 Å². The lowest BCUT2D eigenvalue weighted by atomic mass is 10.2. The molecule has 0 saturated carbocycles. The zero-order chi connectivity index (χ0) is 24.5. The number of nitrogens with one attached hydrogen (secondary N) is 2. The van der Waals surface area contributed by atoms with Crippen LogP contribution in [0.15, 0.2) is 71.4 Å². The summed E-state index contributed by atoms with van der Waals surface area (Å²) in [5.41, 5.74) is 5.07. The summed E-state index contributed by atoms with van der Waals surface area (Å²) in [6.45, 7) is 8.54. The zero-order valence-electron chi connectivity index (χ0n) is 18.8. The smallest absolute Gasteiger partial charge is 0.270 e. The van der Waals surface area contributed by atoms with Gasteiger partial charge in [0.1, 0.15) is 0 Å². The summed E-state index contributed by atoms with van der Waals surface area (Å²) >= 11 is 1.25. The molecular weight excluding hydrogens is 454 g/mol. The molecule has 2 N–H and O–H groups in total. The van der Waals surface area contributed by atoms with E-state index in [2.05, 4.69) is 32.6 Å². The lowest BCUT2D eigenvalue weighted by Gasteiger charge is -2.12. The molecule has 0 bridgehead atoms. The molecule has 176 valence electrons. The van der Waals surface area contributed by atoms with Gasteiger partial charge in [-0.3, -0.25) is 14.9 Å². The minimum absolute atomic E-state index is 0.0478. The maximum atomic E-state index is 12.5. The van der Waals surface area contributed by atoms with Crippen molar-refractivity contribution in [3.63, 3.8) is 0 Å². The Labute approximate surface area is 201 Å². The van der Waals surface area contributed by atoms with Crippen LogP contribution in [-0.4, -0.2) is 37.1 Å². The summed E-state index contributed by atoms with van der Waals surface area (Å²) in [5, 5.41) is 26.7. The second kappa shape index (κ2) is 11.8. The number of aromatic nitrogens is 3. The van der Waals surface area contributed by atoms with Gasteiger partial charge < -0.3 is 9.88 Å². The van der Waals surface area contributed by atoms with Gasteiger partial charge in [0.2, 0.25) is 0 Å². The predicted molar refractivity (Wildman–Crippen MR) is 133 cm³/mol. The number of anilines is 1. The number of non-ortho nitro benzene ring substituents is 1. The van der Waals surface area contributed by atoms with E-state index in [-0.39, 0.29) is 11.6 Å². The number of aryl methyl sites for hydroxylation is 1. The maximum absolute atomic E-state index is 12.5. The van der Waals surface area contributed by atoms with Crippen LogP contribution < -0.4 is 10.7 Å². The normalized spacial score (nSPS) is 11.8. The molecule has 0 saturated heterocycles. The van der Waals surface area contributed by atoms with Crippen molar-refractivity contribution in [1.82, 2.24) is 20.2 Å². The fourth-order valence-electron chi connectivity index (χ4n) is 2.89. The Bertz CT molecular complexity index is 1190. The summed E-state index contributed by atoms with van der Waals surface area (Å²) in [5.74, 6) is 0.387. The van der Waals surface area contributed by atoms with Crippen LogP contribution in [0, 0.1) is 17.0 Å². The Morgan fingerprint density at radius 2 is 2.06 bits per heavy atom. The summed E-state index contributed by atoms with van der Waals surface area (Å²) in [7, 11) is 0. The first-order valence-corrected chi connectivity index (χ1v) is 11.3. The molecule has 0 aliphatic rings. The number of hydrazone groups is 1. The largest absolute Gasteiger partial charge is 0.378 e. The van der Waals surface area contributed by atoms with Crippen LogP contribution in [-0.2, 0) is 17.9 Å². The number of hydrogen-bond donors (Lipinski definition) is 2. The molecule has 10 nitrogen and oxygen atoms in total.